The molecular formula is C19H21N5O5S. The second kappa shape index (κ2) is 8.59. The molecule has 10 nitrogen and oxygen atoms in total. The number of piperidine rings is 1. The number of amides is 3. The molecule has 0 spiro atoms. The molecule has 5 N–H and O–H groups in total. The molecule has 11 heteroatoms. The van der Waals surface area contributed by atoms with E-state index in [1.807, 2.05) is 0 Å². The van der Waals surface area contributed by atoms with Crippen LogP contribution in [0, 0.1) is 0 Å². The molecule has 1 aromatic heterocycles. The largest absolute Gasteiger partial charge is 0.366 e. The van der Waals surface area contributed by atoms with Gasteiger partial charge in [-0.3, -0.25) is 19.4 Å². The number of nitrogens with one attached hydrogen (secondary N) is 1. The second-order valence-corrected chi connectivity index (χ2v) is 8.47. The van der Waals surface area contributed by atoms with Crippen LogP contribution in [0.5, 0.6) is 0 Å². The number of rotatable bonds is 4. The number of nitrogens with zero attached hydrogens (tertiary/aromatic N) is 2. The minimum atomic E-state index is -3.82. The number of hydrogen-bond donors (Lipinski definition) is 3. The SMILES string of the molecule is NC(=O)c1cncc(NC(=O)C(=O)N2CCCC[C@H]2c2ccc(S(N)(=O)=O)cc2)c1. The molecule has 1 atom stereocenters. The maximum Gasteiger partial charge on any atom is 0.313 e. The Labute approximate surface area is 173 Å². The molecule has 0 radical (unpaired) electrons. The summed E-state index contributed by atoms with van der Waals surface area (Å²) in [5.41, 5.74) is 6.19. The van der Waals surface area contributed by atoms with Crippen molar-refractivity contribution in [2.75, 3.05) is 11.9 Å². The Kier molecular flexibility index (Phi) is 6.13. The molecule has 0 saturated carbocycles. The Morgan fingerprint density at radius 2 is 1.80 bits per heavy atom. The number of pyridine rings is 1. The molecule has 3 amide bonds. The molecule has 1 aromatic carbocycles. The molecule has 1 saturated heterocycles. The lowest BCUT2D eigenvalue weighted by atomic mass is 9.95. The maximum atomic E-state index is 12.8. The van der Waals surface area contributed by atoms with Crippen LogP contribution in [-0.4, -0.2) is 42.6 Å². The third-order valence-corrected chi connectivity index (χ3v) is 5.76. The Hall–Kier alpha value is -3.31. The molecule has 1 aliphatic heterocycles. The van der Waals surface area contributed by atoms with Gasteiger partial charge in [-0.25, -0.2) is 13.6 Å². The monoisotopic (exact) mass is 431 g/mol. The number of hydrogen-bond acceptors (Lipinski definition) is 6. The van der Waals surface area contributed by atoms with Crippen LogP contribution in [0.1, 0.15) is 41.2 Å². The van der Waals surface area contributed by atoms with Gasteiger partial charge in [-0.05, 0) is 43.0 Å². The number of likely N-dealkylation sites (tertiary alicyclic amines) is 1. The summed E-state index contributed by atoms with van der Waals surface area (Å²) in [5.74, 6) is -2.31. The summed E-state index contributed by atoms with van der Waals surface area (Å²) in [6.45, 7) is 0.382. The van der Waals surface area contributed by atoms with Gasteiger partial charge in [0.25, 0.3) is 0 Å². The number of benzene rings is 1. The van der Waals surface area contributed by atoms with E-state index in [4.69, 9.17) is 10.9 Å². The number of primary sulfonamides is 1. The smallest absolute Gasteiger partial charge is 0.313 e. The van der Waals surface area contributed by atoms with Gasteiger partial charge in [0.15, 0.2) is 0 Å². The van der Waals surface area contributed by atoms with Gasteiger partial charge < -0.3 is 16.0 Å². The summed E-state index contributed by atoms with van der Waals surface area (Å²) in [7, 11) is -3.82. The number of carbonyl (C=O) groups excluding carboxylic acids is 3. The second-order valence-electron chi connectivity index (χ2n) is 6.90. The quantitative estimate of drug-likeness (QED) is 0.597. The summed E-state index contributed by atoms with van der Waals surface area (Å²) in [4.78, 5) is 41.8. The lowest BCUT2D eigenvalue weighted by molar-refractivity contribution is -0.145. The fourth-order valence-corrected chi connectivity index (χ4v) is 3.87. The summed E-state index contributed by atoms with van der Waals surface area (Å²) >= 11 is 0. The van der Waals surface area contributed by atoms with Crippen LogP contribution in [-0.2, 0) is 19.6 Å². The first-order valence-electron chi connectivity index (χ1n) is 9.16. The van der Waals surface area contributed by atoms with Crippen molar-refractivity contribution in [2.45, 2.75) is 30.2 Å². The van der Waals surface area contributed by atoms with Crippen LogP contribution in [0.2, 0.25) is 0 Å². The molecule has 1 fully saturated rings. The summed E-state index contributed by atoms with van der Waals surface area (Å²) in [6, 6.07) is 6.90. The van der Waals surface area contributed by atoms with Crippen molar-refractivity contribution in [3.05, 3.63) is 53.9 Å². The topological polar surface area (TPSA) is 166 Å². The van der Waals surface area contributed by atoms with Crippen LogP contribution < -0.4 is 16.2 Å². The Bertz CT molecular complexity index is 1080. The molecule has 2 heterocycles. The van der Waals surface area contributed by atoms with Crippen molar-refractivity contribution in [1.29, 1.82) is 0 Å². The van der Waals surface area contributed by atoms with Gasteiger partial charge in [-0.2, -0.15) is 0 Å². The van der Waals surface area contributed by atoms with E-state index in [2.05, 4.69) is 10.3 Å². The van der Waals surface area contributed by atoms with Gasteiger partial charge >= 0.3 is 11.8 Å². The number of nitrogens with two attached hydrogens (primary N) is 2. The van der Waals surface area contributed by atoms with Crippen LogP contribution in [0.25, 0.3) is 0 Å². The van der Waals surface area contributed by atoms with Gasteiger partial charge in [-0.15, -0.1) is 0 Å². The van der Waals surface area contributed by atoms with Crippen molar-refractivity contribution in [2.24, 2.45) is 10.9 Å². The van der Waals surface area contributed by atoms with E-state index in [0.29, 0.717) is 18.5 Å². The average Bonchev–Trinajstić information content (AvgIpc) is 2.73. The highest BCUT2D eigenvalue weighted by Crippen LogP contribution is 2.31. The summed E-state index contributed by atoms with van der Waals surface area (Å²) < 4.78 is 22.9. The number of sulfonamides is 1. The first-order valence-corrected chi connectivity index (χ1v) is 10.7. The minimum absolute atomic E-state index is 0.0282. The van der Waals surface area contributed by atoms with E-state index < -0.39 is 27.7 Å². The third kappa shape index (κ3) is 4.81. The highest BCUT2D eigenvalue weighted by molar-refractivity contribution is 7.89. The van der Waals surface area contributed by atoms with E-state index in [9.17, 15) is 22.8 Å². The molecule has 158 valence electrons. The molecule has 0 aliphatic carbocycles. The normalized spacial score (nSPS) is 16.7. The van der Waals surface area contributed by atoms with Crippen LogP contribution >= 0.6 is 0 Å². The lowest BCUT2D eigenvalue weighted by Crippen LogP contribution is -2.44. The molecule has 1 aliphatic rings. The molecule has 30 heavy (non-hydrogen) atoms. The maximum absolute atomic E-state index is 12.8. The Morgan fingerprint density at radius 1 is 1.10 bits per heavy atom. The van der Waals surface area contributed by atoms with Crippen LogP contribution in [0.4, 0.5) is 5.69 Å². The van der Waals surface area contributed by atoms with Gasteiger partial charge in [0.05, 0.1) is 28.4 Å². The number of aromatic nitrogens is 1. The minimum Gasteiger partial charge on any atom is -0.366 e. The molecular weight excluding hydrogens is 410 g/mol. The zero-order valence-corrected chi connectivity index (χ0v) is 16.8. The first-order chi connectivity index (χ1) is 14.2. The predicted molar refractivity (Wildman–Crippen MR) is 108 cm³/mol. The number of primary amides is 1. The van der Waals surface area contributed by atoms with Crippen LogP contribution in [0.15, 0.2) is 47.6 Å². The highest BCUT2D eigenvalue weighted by Gasteiger charge is 2.32. The zero-order valence-electron chi connectivity index (χ0n) is 15.9. The fraction of sp³-hybridized carbons (Fsp3) is 0.263. The van der Waals surface area contributed by atoms with Gasteiger partial charge in [0.1, 0.15) is 0 Å². The van der Waals surface area contributed by atoms with E-state index >= 15 is 0 Å². The number of carbonyl (C=O) groups is 3. The molecule has 2 aromatic rings. The number of anilines is 1. The lowest BCUT2D eigenvalue weighted by Gasteiger charge is -2.35. The van der Waals surface area contributed by atoms with Crippen molar-refractivity contribution in [1.82, 2.24) is 9.88 Å². The van der Waals surface area contributed by atoms with E-state index in [0.717, 1.165) is 12.8 Å². The van der Waals surface area contributed by atoms with E-state index in [1.165, 1.54) is 35.5 Å². The zero-order chi connectivity index (χ0) is 21.9. The van der Waals surface area contributed by atoms with Crippen LogP contribution in [0.3, 0.4) is 0 Å². The average molecular weight is 431 g/mol. The molecule has 0 unspecified atom stereocenters. The van der Waals surface area contributed by atoms with Crippen molar-refractivity contribution < 1.29 is 22.8 Å². The van der Waals surface area contributed by atoms with Gasteiger partial charge in [0.2, 0.25) is 15.9 Å². The fourth-order valence-electron chi connectivity index (χ4n) is 3.36. The Morgan fingerprint density at radius 3 is 2.43 bits per heavy atom. The standard InChI is InChI=1S/C19H21N5O5S/c20-17(25)13-9-14(11-22-10-13)23-18(26)19(27)24-8-2-1-3-16(24)12-4-6-15(7-5-12)30(21,28)29/h4-7,9-11,16H,1-3,8H2,(H2,20,25)(H,23,26)(H2,21,28,29)/t16-/m0/s1. The van der Waals surface area contributed by atoms with E-state index in [1.54, 1.807) is 12.1 Å². The third-order valence-electron chi connectivity index (χ3n) is 4.83. The van der Waals surface area contributed by atoms with Crippen molar-refractivity contribution >= 4 is 33.4 Å². The summed E-state index contributed by atoms with van der Waals surface area (Å²) in [5, 5.41) is 7.56. The first kappa shape index (κ1) is 21.4. The van der Waals surface area contributed by atoms with Gasteiger partial charge in [0, 0.05) is 12.7 Å². The molecule has 3 rings (SSSR count). The molecule has 0 bridgehead atoms. The van der Waals surface area contributed by atoms with Crippen molar-refractivity contribution in [3.63, 3.8) is 0 Å². The Balaban J connectivity index is 1.78. The van der Waals surface area contributed by atoms with E-state index in [-0.39, 0.29) is 22.2 Å². The van der Waals surface area contributed by atoms with Gasteiger partial charge in [-0.1, -0.05) is 12.1 Å². The van der Waals surface area contributed by atoms with Crippen molar-refractivity contribution in [3.8, 4) is 0 Å². The predicted octanol–water partition coefficient (Wildman–Crippen LogP) is 0.520. The summed E-state index contributed by atoms with van der Waals surface area (Å²) in [6.07, 6.45) is 4.79. The highest BCUT2D eigenvalue weighted by atomic mass is 32.2.